The topological polar surface area (TPSA) is 57.4 Å². The molecule has 1 aliphatic heterocycles. The van der Waals surface area contributed by atoms with Crippen LogP contribution in [0.4, 0.5) is 0 Å². The largest absolute Gasteiger partial charge is 0.485 e. The molecule has 5 nitrogen and oxygen atoms in total. The van der Waals surface area contributed by atoms with E-state index in [1.165, 1.54) is 32.1 Å². The molecule has 4 rings (SSSR count). The molecule has 0 radical (unpaired) electrons. The van der Waals surface area contributed by atoms with E-state index in [4.69, 9.17) is 13.9 Å². The number of hydrogen-bond acceptors (Lipinski definition) is 6. The van der Waals surface area contributed by atoms with Gasteiger partial charge >= 0.3 is 0 Å². The Bertz CT molecular complexity index is 655. The zero-order valence-electron chi connectivity index (χ0n) is 12.9. The van der Waals surface area contributed by atoms with Gasteiger partial charge in [-0.3, -0.25) is 0 Å². The summed E-state index contributed by atoms with van der Waals surface area (Å²) in [6.45, 7) is 0.395. The second-order valence-electron chi connectivity index (χ2n) is 6.09. The minimum atomic E-state index is -0.332. The van der Waals surface area contributed by atoms with Gasteiger partial charge in [-0.1, -0.05) is 43.2 Å². The van der Waals surface area contributed by atoms with Crippen molar-refractivity contribution in [2.45, 2.75) is 43.4 Å². The van der Waals surface area contributed by atoms with Gasteiger partial charge in [0.1, 0.15) is 6.61 Å². The number of ether oxygens (including phenoxy) is 2. The Morgan fingerprint density at radius 1 is 1.04 bits per heavy atom. The van der Waals surface area contributed by atoms with Crippen LogP contribution in [-0.2, 0) is 0 Å². The van der Waals surface area contributed by atoms with Crippen molar-refractivity contribution in [1.29, 1.82) is 0 Å². The Morgan fingerprint density at radius 3 is 2.74 bits per heavy atom. The summed E-state index contributed by atoms with van der Waals surface area (Å²) in [4.78, 5) is 0. The first-order valence-corrected chi connectivity index (χ1v) is 9.22. The number of fused-ring (bicyclic) bond motifs is 1. The lowest BCUT2D eigenvalue weighted by Crippen LogP contribution is -2.21. The number of benzene rings is 1. The average molecular weight is 332 g/mol. The smallest absolute Gasteiger partial charge is 0.276 e. The fraction of sp³-hybridized carbons (Fsp3) is 0.529. The van der Waals surface area contributed by atoms with Crippen molar-refractivity contribution in [3.63, 3.8) is 0 Å². The van der Waals surface area contributed by atoms with Crippen molar-refractivity contribution in [2.75, 3.05) is 12.4 Å². The molecule has 1 aromatic carbocycles. The van der Waals surface area contributed by atoms with Crippen molar-refractivity contribution < 1.29 is 13.9 Å². The lowest BCUT2D eigenvalue weighted by molar-refractivity contribution is 0.0686. The number of aromatic nitrogens is 2. The van der Waals surface area contributed by atoms with Gasteiger partial charge in [-0.15, -0.1) is 10.2 Å². The molecule has 0 saturated heterocycles. The number of thioether (sulfide) groups is 1. The predicted octanol–water partition coefficient (Wildman–Crippen LogP) is 4.25. The van der Waals surface area contributed by atoms with E-state index in [1.807, 2.05) is 24.3 Å². The first-order chi connectivity index (χ1) is 11.4. The summed E-state index contributed by atoms with van der Waals surface area (Å²) in [6, 6.07) is 7.63. The summed E-state index contributed by atoms with van der Waals surface area (Å²) >= 11 is 1.66. The molecule has 1 saturated carbocycles. The van der Waals surface area contributed by atoms with Crippen LogP contribution >= 0.6 is 11.8 Å². The number of rotatable bonds is 4. The van der Waals surface area contributed by atoms with Crippen molar-refractivity contribution in [3.8, 4) is 11.5 Å². The van der Waals surface area contributed by atoms with Gasteiger partial charge in [-0.2, -0.15) is 0 Å². The monoisotopic (exact) mass is 332 g/mol. The second kappa shape index (κ2) is 6.83. The minimum absolute atomic E-state index is 0.332. The molecule has 2 aliphatic rings. The molecular formula is C17H20N2O3S. The van der Waals surface area contributed by atoms with E-state index in [-0.39, 0.29) is 6.10 Å². The standard InChI is InChI=1S/C17H20N2O3S/c1-2-6-12(7-3-1)11-23-17-19-18-16(22-17)15-10-20-13-8-4-5-9-14(13)21-15/h4-5,8-9,12,15H,1-3,6-7,10-11H2/t15-/m0/s1. The van der Waals surface area contributed by atoms with Crippen LogP contribution in [0.5, 0.6) is 11.5 Å². The van der Waals surface area contributed by atoms with Crippen molar-refractivity contribution in [3.05, 3.63) is 30.2 Å². The van der Waals surface area contributed by atoms with E-state index in [1.54, 1.807) is 11.8 Å². The van der Waals surface area contributed by atoms with Crippen LogP contribution in [0.3, 0.4) is 0 Å². The highest BCUT2D eigenvalue weighted by Crippen LogP contribution is 2.36. The van der Waals surface area contributed by atoms with Gasteiger partial charge in [0.2, 0.25) is 6.10 Å². The van der Waals surface area contributed by atoms with Gasteiger partial charge in [-0.25, -0.2) is 0 Å². The van der Waals surface area contributed by atoms with E-state index in [0.29, 0.717) is 17.7 Å². The molecule has 6 heteroatoms. The van der Waals surface area contributed by atoms with Gasteiger partial charge in [0.05, 0.1) is 0 Å². The Morgan fingerprint density at radius 2 is 1.87 bits per heavy atom. The summed E-state index contributed by atoms with van der Waals surface area (Å²) in [5, 5.41) is 8.91. The molecule has 122 valence electrons. The van der Waals surface area contributed by atoms with Crippen LogP contribution < -0.4 is 9.47 Å². The Labute approximate surface area is 139 Å². The Hall–Kier alpha value is -1.69. The zero-order valence-corrected chi connectivity index (χ0v) is 13.8. The van der Waals surface area contributed by atoms with Crippen LogP contribution in [0.15, 0.2) is 33.9 Å². The SMILES string of the molecule is c1ccc2c(c1)OC[C@@H](c1nnc(SCC3CCCCC3)o1)O2. The number of hydrogen-bond donors (Lipinski definition) is 0. The third-order valence-corrected chi connectivity index (χ3v) is 5.42. The molecule has 1 fully saturated rings. The molecule has 1 aliphatic carbocycles. The van der Waals surface area contributed by atoms with Crippen LogP contribution in [0.1, 0.15) is 44.1 Å². The Balaban J connectivity index is 1.36. The van der Waals surface area contributed by atoms with Crippen LogP contribution in [0, 0.1) is 5.92 Å². The van der Waals surface area contributed by atoms with E-state index >= 15 is 0 Å². The fourth-order valence-electron chi connectivity index (χ4n) is 3.09. The Kier molecular flexibility index (Phi) is 4.41. The average Bonchev–Trinajstić information content (AvgIpc) is 3.09. The van der Waals surface area contributed by atoms with Gasteiger partial charge in [0.15, 0.2) is 11.5 Å². The predicted molar refractivity (Wildman–Crippen MR) is 86.9 cm³/mol. The number of para-hydroxylation sites is 2. The molecule has 0 N–H and O–H groups in total. The first kappa shape index (κ1) is 14.9. The molecule has 2 aromatic rings. The molecule has 1 atom stereocenters. The third kappa shape index (κ3) is 3.47. The molecule has 2 heterocycles. The van der Waals surface area contributed by atoms with Gasteiger partial charge in [0.25, 0.3) is 11.1 Å². The fourth-order valence-corrected chi connectivity index (χ4v) is 4.05. The van der Waals surface area contributed by atoms with Gasteiger partial charge < -0.3 is 13.9 Å². The lowest BCUT2D eigenvalue weighted by atomic mass is 9.91. The van der Waals surface area contributed by atoms with Crippen molar-refractivity contribution in [1.82, 2.24) is 10.2 Å². The van der Waals surface area contributed by atoms with Crippen molar-refractivity contribution in [2.24, 2.45) is 5.92 Å². The highest BCUT2D eigenvalue weighted by atomic mass is 32.2. The molecule has 23 heavy (non-hydrogen) atoms. The van der Waals surface area contributed by atoms with Gasteiger partial charge in [0, 0.05) is 5.75 Å². The number of nitrogens with zero attached hydrogens (tertiary/aromatic N) is 2. The van der Waals surface area contributed by atoms with Crippen molar-refractivity contribution >= 4 is 11.8 Å². The molecule has 1 aromatic heterocycles. The maximum Gasteiger partial charge on any atom is 0.276 e. The lowest BCUT2D eigenvalue weighted by Gasteiger charge is -2.23. The third-order valence-electron chi connectivity index (χ3n) is 4.37. The highest BCUT2D eigenvalue weighted by molar-refractivity contribution is 7.99. The second-order valence-corrected chi connectivity index (χ2v) is 7.06. The van der Waals surface area contributed by atoms with E-state index in [9.17, 15) is 0 Å². The summed E-state index contributed by atoms with van der Waals surface area (Å²) in [5.74, 6) is 3.82. The van der Waals surface area contributed by atoms with E-state index < -0.39 is 0 Å². The highest BCUT2D eigenvalue weighted by Gasteiger charge is 2.27. The molecule has 0 spiro atoms. The summed E-state index contributed by atoms with van der Waals surface area (Å²) < 4.78 is 17.4. The normalized spacial score (nSPS) is 21.3. The maximum absolute atomic E-state index is 5.90. The van der Waals surface area contributed by atoms with Gasteiger partial charge in [-0.05, 0) is 30.9 Å². The summed E-state index contributed by atoms with van der Waals surface area (Å²) in [6.07, 6.45) is 6.41. The van der Waals surface area contributed by atoms with Crippen LogP contribution in [0.2, 0.25) is 0 Å². The summed E-state index contributed by atoms with van der Waals surface area (Å²) in [7, 11) is 0. The first-order valence-electron chi connectivity index (χ1n) is 8.23. The summed E-state index contributed by atoms with van der Waals surface area (Å²) in [5.41, 5.74) is 0. The van der Waals surface area contributed by atoms with Crippen LogP contribution in [-0.4, -0.2) is 22.6 Å². The molecular weight excluding hydrogens is 312 g/mol. The zero-order chi connectivity index (χ0) is 15.5. The van der Waals surface area contributed by atoms with E-state index in [0.717, 1.165) is 23.2 Å². The van der Waals surface area contributed by atoms with Crippen LogP contribution in [0.25, 0.3) is 0 Å². The van der Waals surface area contributed by atoms with E-state index in [2.05, 4.69) is 10.2 Å². The quantitative estimate of drug-likeness (QED) is 0.780. The molecule has 0 unspecified atom stereocenters. The maximum atomic E-state index is 5.90. The molecule has 0 amide bonds. The minimum Gasteiger partial charge on any atom is -0.485 e. The molecule has 0 bridgehead atoms.